The maximum atomic E-state index is 12.2. The summed E-state index contributed by atoms with van der Waals surface area (Å²) in [6, 6.07) is 0. The number of amides is 2. The lowest BCUT2D eigenvalue weighted by Crippen LogP contribution is -2.72. The van der Waals surface area contributed by atoms with Gasteiger partial charge in [0.05, 0.1) is 104 Å². The Bertz CT molecular complexity index is 2590. The van der Waals surface area contributed by atoms with Crippen LogP contribution < -0.4 is 16.0 Å². The smallest absolute Gasteiger partial charge is 0.234 e. The molecule has 1 spiro atoms. The van der Waals surface area contributed by atoms with E-state index in [1.54, 1.807) is 0 Å². The van der Waals surface area contributed by atoms with Crippen molar-refractivity contribution in [3.63, 3.8) is 0 Å². The predicted octanol–water partition coefficient (Wildman–Crippen LogP) is 12.8. The second-order valence-electron chi connectivity index (χ2n) is 49.1. The maximum Gasteiger partial charge on any atom is 0.234 e. The number of hydrogen-bond acceptors (Lipinski definition) is 23. The maximum absolute atomic E-state index is 12.2. The van der Waals surface area contributed by atoms with Crippen LogP contribution in [0, 0.1) is 16.2 Å². The first-order valence-corrected chi connectivity index (χ1v) is 49.3. The highest BCUT2D eigenvalue weighted by atomic mass is 16.5. The largest absolute Gasteiger partial charge is 0.375 e. The summed E-state index contributed by atoms with van der Waals surface area (Å²) in [7, 11) is 0. The van der Waals surface area contributed by atoms with Crippen LogP contribution in [0.2, 0.25) is 0 Å². The molecule has 0 unspecified atom stereocenters. The van der Waals surface area contributed by atoms with Crippen LogP contribution in [-0.2, 0) is 47.5 Å². The molecule has 0 atom stereocenters. The van der Waals surface area contributed by atoms with Crippen LogP contribution in [0.15, 0.2) is 0 Å². The van der Waals surface area contributed by atoms with E-state index in [0.29, 0.717) is 24.3 Å². The average Bonchev–Trinajstić information content (AvgIpc) is 0.744. The van der Waals surface area contributed by atoms with Crippen LogP contribution in [0.3, 0.4) is 0 Å². The molecule has 7 aliphatic rings. The molecule has 0 saturated carbocycles. The van der Waals surface area contributed by atoms with Gasteiger partial charge < -0.3 is 63.6 Å². The first kappa shape index (κ1) is 119. The van der Waals surface area contributed by atoms with Crippen LogP contribution in [0.5, 0.6) is 0 Å². The summed E-state index contributed by atoms with van der Waals surface area (Å²) in [4.78, 5) is 53.4. The van der Waals surface area contributed by atoms with Gasteiger partial charge in [0.25, 0.3) is 0 Å². The number of piperazine rings is 5. The summed E-state index contributed by atoms with van der Waals surface area (Å²) in [6.07, 6.45) is 2.88. The van der Waals surface area contributed by atoms with Gasteiger partial charge in [-0.25, -0.2) is 0 Å². The molecule has 7 rings (SSSR count). The Hall–Kier alpha value is -1.90. The SMILES string of the molecule is CC(C)(C)CCC(=O)N1CCN(CCOC(C)(C)C)CC1.CC(C)(C)CNC(=O)CN1CCN(CCOC(C)(C)C)CC1.CC(C)(C)NCCCN1CCN(CCOC(C)(C)C)CC1.CC(C)(C)NCCN1CCN(CCOC(C)(C)C)CC1.CC(C)(C)OCCN1CC2(C1)CN(CCOC(C)(C)C)C2.CC(C)(C)OCCN1CCN(CCOC(C)(C)C)CC1. The quantitative estimate of drug-likeness (QED) is 0.0503. The molecule has 7 fully saturated rings. The monoisotopic (exact) mass is 1780 g/mol. The molecule has 0 aromatic carbocycles. The van der Waals surface area contributed by atoms with Crippen LogP contribution >= 0.6 is 0 Å². The third-order valence-corrected chi connectivity index (χ3v) is 22.0. The van der Waals surface area contributed by atoms with E-state index in [1.165, 1.54) is 91.5 Å². The Balaban J connectivity index is 0.000000508. The van der Waals surface area contributed by atoms with Crippen molar-refractivity contribution in [2.75, 3.05) is 302 Å². The molecular weight excluding hydrogens is 1570 g/mol. The summed E-state index contributed by atoms with van der Waals surface area (Å²) < 4.78 is 46.3. The molecule has 0 aromatic rings. The number of carbonyl (C=O) groups excluding carboxylic acids is 2. The van der Waals surface area contributed by atoms with Gasteiger partial charge >= 0.3 is 0 Å². The molecule has 7 saturated heterocycles. The summed E-state index contributed by atoms with van der Waals surface area (Å²) in [5.74, 6) is 0.454. The standard InChI is InChI=1S/C17H35N3O2.C17H37N3O.2C17H34N2O2.C16H35N3O.C16H34N2O2/c1-16(2,3)14-18-15(21)13-20-9-7-19(8-10-20)11-12-22-17(4,5)6;1-16(2,3)18-8-7-9-19-10-12-20(13-11-19)14-15-21-17(4,5)6;1-15(2,3)20-9-7-18-11-17(12-18)13-19(14-17)8-10-21-16(4,5)6;1-16(2,3)8-7-15(20)19-11-9-18(10-12-19)13-14-21-17(4,5)6;1-15(2,3)17-7-8-18-9-11-19(12-10-18)13-14-20-16(4,5)6;1-15(2,3)19-13-11-17-7-9-18(10-8-17)12-14-20-16(4,5)6/h7-14H2,1-6H3,(H,18,21);18H,7-15H2,1-6H3;2*7-14H2,1-6H3;17H,7-14H2,1-6H3;7-14H2,1-6H3. The van der Waals surface area contributed by atoms with Gasteiger partial charge in [0.1, 0.15) is 0 Å². The first-order chi connectivity index (χ1) is 57.2. The van der Waals surface area contributed by atoms with Crippen molar-refractivity contribution in [3.8, 4) is 0 Å². The second kappa shape index (κ2) is 56.5. The number of carbonyl (C=O) groups is 2. The average molecular weight is 1780 g/mol. The Morgan fingerprint density at radius 1 is 0.264 bits per heavy atom. The molecule has 25 nitrogen and oxygen atoms in total. The molecule has 0 bridgehead atoms. The van der Waals surface area contributed by atoms with Crippen molar-refractivity contribution in [1.29, 1.82) is 0 Å². The van der Waals surface area contributed by atoms with E-state index in [9.17, 15) is 9.59 Å². The number of ether oxygens (including phenoxy) is 8. The highest BCUT2D eigenvalue weighted by Gasteiger charge is 2.51. The van der Waals surface area contributed by atoms with E-state index >= 15 is 0 Å². The molecule has 744 valence electrons. The van der Waals surface area contributed by atoms with Gasteiger partial charge in [0.2, 0.25) is 11.8 Å². The van der Waals surface area contributed by atoms with E-state index in [4.69, 9.17) is 37.9 Å². The van der Waals surface area contributed by atoms with Gasteiger partial charge in [-0.2, -0.15) is 0 Å². The Morgan fingerprint density at radius 2 is 0.488 bits per heavy atom. The third-order valence-electron chi connectivity index (χ3n) is 22.0. The van der Waals surface area contributed by atoms with Gasteiger partial charge in [-0.3, -0.25) is 58.6 Å². The summed E-state index contributed by atoms with van der Waals surface area (Å²) in [6.45, 7) is 124. The molecule has 7 aliphatic heterocycles. The minimum atomic E-state index is -0.0647. The lowest BCUT2D eigenvalue weighted by Gasteiger charge is -2.60. The molecular formula is C100H209N15O10. The fraction of sp³-hybridized carbons (Fsp3) is 0.980. The van der Waals surface area contributed by atoms with Gasteiger partial charge in [-0.15, -0.1) is 0 Å². The lowest BCUT2D eigenvalue weighted by molar-refractivity contribution is -0.133. The van der Waals surface area contributed by atoms with Gasteiger partial charge in [-0.05, 0) is 244 Å². The van der Waals surface area contributed by atoms with Crippen molar-refractivity contribution >= 4 is 11.8 Å². The number of hydrogen-bond donors (Lipinski definition) is 3. The molecule has 3 N–H and O–H groups in total. The van der Waals surface area contributed by atoms with Crippen LogP contribution in [0.4, 0.5) is 0 Å². The van der Waals surface area contributed by atoms with Crippen LogP contribution in [0.25, 0.3) is 0 Å². The van der Waals surface area contributed by atoms with Gasteiger partial charge in [-0.1, -0.05) is 41.5 Å². The van der Waals surface area contributed by atoms with E-state index in [1.807, 2.05) is 4.90 Å². The zero-order valence-electron chi connectivity index (χ0n) is 89.1. The molecule has 0 radical (unpaired) electrons. The fourth-order valence-electron chi connectivity index (χ4n) is 14.9. The minimum absolute atomic E-state index is 0.0110. The van der Waals surface area contributed by atoms with Crippen LogP contribution in [0.1, 0.15) is 269 Å². The summed E-state index contributed by atoms with van der Waals surface area (Å²) in [5, 5.41) is 10.1. The van der Waals surface area contributed by atoms with E-state index in [-0.39, 0.29) is 72.6 Å². The van der Waals surface area contributed by atoms with Crippen molar-refractivity contribution in [2.24, 2.45) is 16.2 Å². The zero-order valence-corrected chi connectivity index (χ0v) is 89.1. The minimum Gasteiger partial charge on any atom is -0.375 e. The molecule has 0 aromatic heterocycles. The molecule has 2 amide bonds. The van der Waals surface area contributed by atoms with E-state index in [2.05, 4.69) is 319 Å². The molecule has 0 aliphatic carbocycles. The molecule has 25 heteroatoms. The Labute approximate surface area is 772 Å². The van der Waals surface area contributed by atoms with E-state index < -0.39 is 0 Å². The highest BCUT2D eigenvalue weighted by molar-refractivity contribution is 5.78. The predicted molar refractivity (Wildman–Crippen MR) is 527 cm³/mol. The van der Waals surface area contributed by atoms with Crippen molar-refractivity contribution in [1.82, 2.24) is 74.7 Å². The third kappa shape index (κ3) is 69.6. The fourth-order valence-corrected chi connectivity index (χ4v) is 14.9. The van der Waals surface area contributed by atoms with Crippen molar-refractivity contribution in [3.05, 3.63) is 0 Å². The summed E-state index contributed by atoms with van der Waals surface area (Å²) >= 11 is 0. The number of nitrogens with zero attached hydrogens (tertiary/aromatic N) is 12. The zero-order chi connectivity index (χ0) is 95.0. The van der Waals surface area contributed by atoms with Crippen LogP contribution in [-0.4, -0.2) is 428 Å². The number of rotatable bonds is 36. The lowest BCUT2D eigenvalue weighted by atomic mass is 9.73. The highest BCUT2D eigenvalue weighted by Crippen LogP contribution is 2.39. The first-order valence-electron chi connectivity index (χ1n) is 49.3. The number of likely N-dealkylation sites (tertiary alicyclic amines) is 2. The number of nitrogens with one attached hydrogen (secondary N) is 3. The Kier molecular flexibility index (Phi) is 53.8. The van der Waals surface area contributed by atoms with Crippen molar-refractivity contribution < 1.29 is 47.5 Å². The molecule has 7 heterocycles. The van der Waals surface area contributed by atoms with Gasteiger partial charge in [0.15, 0.2) is 0 Å². The van der Waals surface area contributed by atoms with Gasteiger partial charge in [0, 0.05) is 252 Å². The molecule has 125 heavy (non-hydrogen) atoms. The summed E-state index contributed by atoms with van der Waals surface area (Å²) in [5.41, 5.74) is 1.22. The topological polar surface area (TPSA) is 183 Å². The Morgan fingerprint density at radius 3 is 0.728 bits per heavy atom. The van der Waals surface area contributed by atoms with E-state index in [0.717, 1.165) is 216 Å². The second-order valence-corrected chi connectivity index (χ2v) is 49.1. The van der Waals surface area contributed by atoms with Crippen molar-refractivity contribution in [2.45, 2.75) is 324 Å². The normalized spacial score (nSPS) is 19.6.